The quantitative estimate of drug-likeness (QED) is 0.0953. The normalized spacial score (nSPS) is 13.3. The van der Waals surface area contributed by atoms with E-state index in [1.165, 1.54) is 0 Å². The molecule has 14 nitrogen and oxygen atoms in total. The Hall–Kier alpha value is -3.91. The van der Waals surface area contributed by atoms with Crippen LogP contribution < -0.4 is 10.2 Å². The molecule has 1 heterocycles. The molecule has 16 heteroatoms. The number of carbonyl (C=O) groups is 7. The molecule has 0 bridgehead atoms. The van der Waals surface area contributed by atoms with Crippen LogP contribution in [0.2, 0.25) is 0 Å². The molecule has 1 atom stereocenters. The van der Waals surface area contributed by atoms with Crippen molar-refractivity contribution in [3.8, 4) is 0 Å². The van der Waals surface area contributed by atoms with Crippen molar-refractivity contribution in [1.82, 2.24) is 10.4 Å². The Bertz CT molecular complexity index is 1140. The molecule has 0 radical (unpaired) electrons. The van der Waals surface area contributed by atoms with Crippen LogP contribution in [-0.4, -0.2) is 95.9 Å². The van der Waals surface area contributed by atoms with Crippen molar-refractivity contribution in [1.29, 1.82) is 0 Å². The van der Waals surface area contributed by atoms with Gasteiger partial charge in [-0.15, -0.1) is 28.3 Å². The molecule has 43 heavy (non-hydrogen) atoms. The number of alkyl halides is 2. The van der Waals surface area contributed by atoms with Crippen LogP contribution in [0.4, 0.5) is 5.69 Å². The number of anilines is 1. The van der Waals surface area contributed by atoms with Crippen molar-refractivity contribution >= 4 is 70.5 Å². The summed E-state index contributed by atoms with van der Waals surface area (Å²) in [6.45, 7) is 0.572. The largest absolute Gasteiger partial charge is 0.480 e. The first-order valence-electron chi connectivity index (χ1n) is 13.4. The van der Waals surface area contributed by atoms with E-state index >= 15 is 0 Å². The highest BCUT2D eigenvalue weighted by molar-refractivity contribution is 6.18. The molecule has 1 saturated heterocycles. The van der Waals surface area contributed by atoms with Crippen molar-refractivity contribution in [2.75, 3.05) is 43.0 Å². The van der Waals surface area contributed by atoms with Crippen LogP contribution in [-0.2, 0) is 54.3 Å². The fourth-order valence-electron chi connectivity index (χ4n) is 3.80. The Kier molecular flexibility index (Phi) is 15.3. The molecule has 1 aromatic carbocycles. The zero-order valence-corrected chi connectivity index (χ0v) is 24.8. The summed E-state index contributed by atoms with van der Waals surface area (Å²) >= 11 is 11.7. The minimum Gasteiger partial charge on any atom is -0.480 e. The lowest BCUT2D eigenvalue weighted by Crippen LogP contribution is -2.42. The lowest BCUT2D eigenvalue weighted by Gasteiger charge is -2.23. The van der Waals surface area contributed by atoms with Gasteiger partial charge in [-0.05, 0) is 17.7 Å². The molecule has 1 unspecified atom stereocenters. The van der Waals surface area contributed by atoms with E-state index in [1.54, 1.807) is 12.1 Å². The third-order valence-corrected chi connectivity index (χ3v) is 6.32. The van der Waals surface area contributed by atoms with E-state index in [0.29, 0.717) is 35.5 Å². The molecule has 1 aliphatic rings. The topological polar surface area (TPSA) is 186 Å². The fourth-order valence-corrected chi connectivity index (χ4v) is 4.21. The Labute approximate surface area is 257 Å². The van der Waals surface area contributed by atoms with E-state index in [9.17, 15) is 38.7 Å². The van der Waals surface area contributed by atoms with Gasteiger partial charge in [0.1, 0.15) is 19.3 Å². The first-order valence-corrected chi connectivity index (χ1v) is 14.5. The SMILES string of the molecule is O=C(CCC(=O)OCCOC(=O)CCC(=O)ON1C(=O)CCC1=O)NC(Cc1ccc(N(CCCl)CCCl)cc1)C(=O)O. The molecule has 2 N–H and O–H groups in total. The summed E-state index contributed by atoms with van der Waals surface area (Å²) < 4.78 is 9.72. The van der Waals surface area contributed by atoms with Gasteiger partial charge in [0.15, 0.2) is 0 Å². The van der Waals surface area contributed by atoms with E-state index < -0.39 is 60.5 Å². The molecule has 0 aromatic heterocycles. The van der Waals surface area contributed by atoms with Gasteiger partial charge in [0, 0.05) is 56.2 Å². The molecule has 2 rings (SSSR count). The maximum Gasteiger partial charge on any atom is 0.333 e. The summed E-state index contributed by atoms with van der Waals surface area (Å²) in [5, 5.41) is 12.3. The van der Waals surface area contributed by atoms with Gasteiger partial charge < -0.3 is 29.6 Å². The molecule has 3 amide bonds. The number of nitrogens with one attached hydrogen (secondary N) is 1. The smallest absolute Gasteiger partial charge is 0.333 e. The van der Waals surface area contributed by atoms with Gasteiger partial charge in [-0.25, -0.2) is 9.59 Å². The molecule has 1 aliphatic heterocycles. The number of nitrogens with zero attached hydrogens (tertiary/aromatic N) is 2. The third-order valence-electron chi connectivity index (χ3n) is 5.98. The van der Waals surface area contributed by atoms with E-state index in [4.69, 9.17) is 32.7 Å². The van der Waals surface area contributed by atoms with Crippen molar-refractivity contribution in [2.45, 2.75) is 51.0 Å². The number of carboxylic acids is 1. The molecule has 0 saturated carbocycles. The van der Waals surface area contributed by atoms with E-state index in [-0.39, 0.29) is 45.3 Å². The van der Waals surface area contributed by atoms with Gasteiger partial charge in [-0.2, -0.15) is 0 Å². The summed E-state index contributed by atoms with van der Waals surface area (Å²) in [4.78, 5) is 88.8. The number of halogens is 2. The Balaban J connectivity index is 1.65. The average molecular weight is 646 g/mol. The van der Waals surface area contributed by atoms with Crippen LogP contribution in [0.25, 0.3) is 0 Å². The number of carbonyl (C=O) groups excluding carboxylic acids is 6. The molecular weight excluding hydrogens is 613 g/mol. The number of amides is 3. The summed E-state index contributed by atoms with van der Waals surface area (Å²) in [5.74, 6) is -4.87. The molecular formula is C27H33Cl2N3O11. The monoisotopic (exact) mass is 645 g/mol. The van der Waals surface area contributed by atoms with Gasteiger partial charge in [-0.3, -0.25) is 24.0 Å². The molecule has 236 valence electrons. The minimum absolute atomic E-state index is 0.0222. The fraction of sp³-hybridized carbons (Fsp3) is 0.519. The van der Waals surface area contributed by atoms with Crippen LogP contribution in [0.15, 0.2) is 24.3 Å². The zero-order chi connectivity index (χ0) is 31.8. The van der Waals surface area contributed by atoms with Crippen molar-refractivity contribution in [3.63, 3.8) is 0 Å². The number of hydrogen-bond acceptors (Lipinski definition) is 11. The maximum atomic E-state index is 12.3. The lowest BCUT2D eigenvalue weighted by atomic mass is 10.0. The predicted octanol–water partition coefficient (Wildman–Crippen LogP) is 1.34. The van der Waals surface area contributed by atoms with E-state index in [2.05, 4.69) is 10.2 Å². The Morgan fingerprint density at radius 3 is 1.86 bits per heavy atom. The summed E-state index contributed by atoms with van der Waals surface area (Å²) in [7, 11) is 0. The first kappa shape index (κ1) is 35.3. The highest BCUT2D eigenvalue weighted by Crippen LogP contribution is 2.17. The van der Waals surface area contributed by atoms with Crippen molar-refractivity contribution in [2.24, 2.45) is 0 Å². The number of imide groups is 1. The number of esters is 2. The molecule has 1 aromatic rings. The van der Waals surface area contributed by atoms with Crippen molar-refractivity contribution < 1.29 is 53.0 Å². The van der Waals surface area contributed by atoms with Gasteiger partial charge in [0.25, 0.3) is 11.8 Å². The molecule has 0 spiro atoms. The van der Waals surface area contributed by atoms with Crippen molar-refractivity contribution in [3.05, 3.63) is 29.8 Å². The number of benzene rings is 1. The molecule has 1 fully saturated rings. The van der Waals surface area contributed by atoms with Crippen LogP contribution >= 0.6 is 23.2 Å². The van der Waals surface area contributed by atoms with Crippen LogP contribution in [0.5, 0.6) is 0 Å². The summed E-state index contributed by atoms with van der Waals surface area (Å²) in [6, 6.07) is 5.92. The number of hydroxylamine groups is 2. The van der Waals surface area contributed by atoms with Crippen LogP contribution in [0.1, 0.15) is 44.1 Å². The average Bonchev–Trinajstić information content (AvgIpc) is 3.29. The second kappa shape index (κ2) is 18.6. The third kappa shape index (κ3) is 12.9. The summed E-state index contributed by atoms with van der Waals surface area (Å²) in [5.41, 5.74) is 1.56. The second-order valence-electron chi connectivity index (χ2n) is 9.18. The number of ether oxygens (including phenoxy) is 2. The lowest BCUT2D eigenvalue weighted by molar-refractivity contribution is -0.197. The number of rotatable bonds is 19. The number of carboxylic acid groups (broad SMARTS) is 1. The van der Waals surface area contributed by atoms with Gasteiger partial charge in [-0.1, -0.05) is 12.1 Å². The minimum atomic E-state index is -1.24. The van der Waals surface area contributed by atoms with Crippen LogP contribution in [0, 0.1) is 0 Å². The summed E-state index contributed by atoms with van der Waals surface area (Å²) in [6.07, 6.45) is -1.57. The van der Waals surface area contributed by atoms with Gasteiger partial charge in [0.2, 0.25) is 5.91 Å². The highest BCUT2D eigenvalue weighted by atomic mass is 35.5. The van der Waals surface area contributed by atoms with E-state index in [1.807, 2.05) is 17.0 Å². The number of aliphatic carboxylic acids is 1. The van der Waals surface area contributed by atoms with Crippen LogP contribution in [0.3, 0.4) is 0 Å². The Morgan fingerprint density at radius 2 is 1.35 bits per heavy atom. The molecule has 0 aliphatic carbocycles. The Morgan fingerprint density at radius 1 is 0.837 bits per heavy atom. The first-order chi connectivity index (χ1) is 20.5. The maximum absolute atomic E-state index is 12.3. The standard InChI is InChI=1S/C27H33Cl2N3O11/c28-11-13-31(14-12-29)19-3-1-18(2-4-19)17-20(27(39)40)30-21(33)5-8-24(36)41-15-16-42-25(37)9-10-26(38)43-32-22(34)6-7-23(32)35/h1-4,20H,5-17H2,(H,30,33)(H,39,40). The zero-order valence-electron chi connectivity index (χ0n) is 23.3. The van der Waals surface area contributed by atoms with Gasteiger partial charge in [0.05, 0.1) is 19.3 Å². The van der Waals surface area contributed by atoms with E-state index in [0.717, 1.165) is 5.69 Å². The number of hydrogen-bond donors (Lipinski definition) is 2. The second-order valence-corrected chi connectivity index (χ2v) is 9.94. The predicted molar refractivity (Wildman–Crippen MR) is 151 cm³/mol. The highest BCUT2D eigenvalue weighted by Gasteiger charge is 2.32. The van der Waals surface area contributed by atoms with Gasteiger partial charge >= 0.3 is 23.9 Å².